The predicted molar refractivity (Wildman–Crippen MR) is 57.4 cm³/mol. The van der Waals surface area contributed by atoms with E-state index in [1.165, 1.54) is 18.8 Å². The summed E-state index contributed by atoms with van der Waals surface area (Å²) in [6, 6.07) is 0. The molecule has 8 heteroatoms. The van der Waals surface area contributed by atoms with Gasteiger partial charge in [0.1, 0.15) is 0 Å². The first-order chi connectivity index (χ1) is 6.55. The van der Waals surface area contributed by atoms with E-state index in [0.717, 1.165) is 0 Å². The summed E-state index contributed by atoms with van der Waals surface area (Å²) in [7, 11) is -1.87. The van der Waals surface area contributed by atoms with Crippen LogP contribution < -0.4 is 10.0 Å². The van der Waals surface area contributed by atoms with Gasteiger partial charge in [-0.2, -0.15) is 5.26 Å². The van der Waals surface area contributed by atoms with Crippen molar-refractivity contribution in [2.75, 3.05) is 25.6 Å². The number of hydrogen-bond acceptors (Lipinski definition) is 5. The SMILES string of the molecule is CNS(=O)(=O)CCN=C(NC#N)SC. The molecule has 0 amide bonds. The largest absolute Gasteiger partial charge is 0.272 e. The van der Waals surface area contributed by atoms with Gasteiger partial charge in [-0.3, -0.25) is 10.3 Å². The van der Waals surface area contributed by atoms with E-state index in [0.29, 0.717) is 5.17 Å². The second-order valence-electron chi connectivity index (χ2n) is 2.15. The van der Waals surface area contributed by atoms with Gasteiger partial charge in [-0.1, -0.05) is 11.8 Å². The Balaban J connectivity index is 4.10. The number of nitriles is 1. The average Bonchev–Trinajstić information content (AvgIpc) is 2.16. The van der Waals surface area contributed by atoms with E-state index in [1.54, 1.807) is 12.4 Å². The monoisotopic (exact) mass is 236 g/mol. The lowest BCUT2D eigenvalue weighted by Gasteiger charge is -2.00. The Kier molecular flexibility index (Phi) is 6.27. The maximum absolute atomic E-state index is 11.0. The molecule has 0 spiro atoms. The van der Waals surface area contributed by atoms with Crippen LogP contribution >= 0.6 is 11.8 Å². The highest BCUT2D eigenvalue weighted by Gasteiger charge is 2.05. The number of nitrogens with one attached hydrogen (secondary N) is 2. The molecule has 0 atom stereocenters. The molecule has 2 N–H and O–H groups in total. The van der Waals surface area contributed by atoms with Crippen LogP contribution in [0.1, 0.15) is 0 Å². The van der Waals surface area contributed by atoms with Crippen molar-refractivity contribution in [3.63, 3.8) is 0 Å². The van der Waals surface area contributed by atoms with Crippen LogP contribution in [-0.2, 0) is 10.0 Å². The Labute approximate surface area is 87.8 Å². The molecular formula is C6H12N4O2S2. The van der Waals surface area contributed by atoms with Crippen LogP contribution in [0.3, 0.4) is 0 Å². The topological polar surface area (TPSA) is 94.3 Å². The summed E-state index contributed by atoms with van der Waals surface area (Å²) >= 11 is 1.25. The van der Waals surface area contributed by atoms with Crippen LogP contribution in [0.4, 0.5) is 0 Å². The van der Waals surface area contributed by atoms with Gasteiger partial charge >= 0.3 is 0 Å². The van der Waals surface area contributed by atoms with Gasteiger partial charge in [-0.15, -0.1) is 0 Å². The molecule has 0 saturated carbocycles. The van der Waals surface area contributed by atoms with Crippen LogP contribution in [-0.4, -0.2) is 39.2 Å². The summed E-state index contributed by atoms with van der Waals surface area (Å²) in [6.07, 6.45) is 3.46. The molecule has 0 saturated heterocycles. The standard InChI is InChI=1S/C6H12N4O2S2/c1-8-14(11,12)4-3-9-6(13-2)10-5-7/h8H,3-4H2,1-2H3,(H,9,10). The first-order valence-corrected chi connectivity index (χ1v) is 6.58. The predicted octanol–water partition coefficient (Wildman–Crippen LogP) is -0.675. The van der Waals surface area contributed by atoms with Crippen LogP contribution in [0.25, 0.3) is 0 Å². The van der Waals surface area contributed by atoms with Gasteiger partial charge in [0.25, 0.3) is 0 Å². The summed E-state index contributed by atoms with van der Waals surface area (Å²) < 4.78 is 24.1. The average molecular weight is 236 g/mol. The molecule has 80 valence electrons. The third-order valence-electron chi connectivity index (χ3n) is 1.28. The molecule has 0 rings (SSSR count). The van der Waals surface area contributed by atoms with E-state index in [2.05, 4.69) is 15.0 Å². The zero-order valence-electron chi connectivity index (χ0n) is 7.94. The summed E-state index contributed by atoms with van der Waals surface area (Å²) in [5.41, 5.74) is 0. The van der Waals surface area contributed by atoms with Gasteiger partial charge < -0.3 is 0 Å². The smallest absolute Gasteiger partial charge is 0.213 e. The molecule has 0 aromatic rings. The number of amidine groups is 1. The van der Waals surface area contributed by atoms with Crippen molar-refractivity contribution in [3.8, 4) is 6.19 Å². The Morgan fingerprint density at radius 3 is 2.71 bits per heavy atom. The molecule has 0 aliphatic heterocycles. The Bertz CT molecular complexity index is 330. The highest BCUT2D eigenvalue weighted by Crippen LogP contribution is 1.94. The second-order valence-corrected chi connectivity index (χ2v) is 4.99. The lowest BCUT2D eigenvalue weighted by molar-refractivity contribution is 0.588. The fraction of sp³-hybridized carbons (Fsp3) is 0.667. The Morgan fingerprint density at radius 1 is 1.64 bits per heavy atom. The number of aliphatic imine (C=N–C) groups is 1. The fourth-order valence-corrected chi connectivity index (χ4v) is 1.48. The number of sulfonamides is 1. The minimum absolute atomic E-state index is 0.0827. The molecule has 0 aliphatic rings. The first-order valence-electron chi connectivity index (χ1n) is 3.70. The van der Waals surface area contributed by atoms with E-state index in [-0.39, 0.29) is 12.3 Å². The van der Waals surface area contributed by atoms with Crippen LogP contribution in [0.15, 0.2) is 4.99 Å². The highest BCUT2D eigenvalue weighted by atomic mass is 32.2. The zero-order chi connectivity index (χ0) is 11.0. The molecule has 0 aromatic carbocycles. The van der Waals surface area contributed by atoms with Crippen molar-refractivity contribution in [1.29, 1.82) is 5.26 Å². The maximum Gasteiger partial charge on any atom is 0.213 e. The maximum atomic E-state index is 11.0. The number of nitrogens with zero attached hydrogens (tertiary/aromatic N) is 2. The molecule has 0 unspecified atom stereocenters. The summed E-state index contributed by atoms with van der Waals surface area (Å²) in [4.78, 5) is 3.89. The summed E-state index contributed by atoms with van der Waals surface area (Å²) in [5, 5.41) is 11.0. The Morgan fingerprint density at radius 2 is 2.29 bits per heavy atom. The quantitative estimate of drug-likeness (QED) is 0.292. The van der Waals surface area contributed by atoms with Crippen molar-refractivity contribution in [3.05, 3.63) is 0 Å². The first kappa shape index (κ1) is 13.2. The van der Waals surface area contributed by atoms with Crippen LogP contribution in [0.2, 0.25) is 0 Å². The van der Waals surface area contributed by atoms with Gasteiger partial charge in [0.05, 0.1) is 12.3 Å². The molecule has 0 radical (unpaired) electrons. The minimum Gasteiger partial charge on any atom is -0.272 e. The van der Waals surface area contributed by atoms with E-state index in [9.17, 15) is 8.42 Å². The molecule has 0 bridgehead atoms. The van der Waals surface area contributed by atoms with Crippen molar-refractivity contribution in [1.82, 2.24) is 10.0 Å². The fourth-order valence-electron chi connectivity index (χ4n) is 0.572. The van der Waals surface area contributed by atoms with Crippen LogP contribution in [0.5, 0.6) is 0 Å². The van der Waals surface area contributed by atoms with Gasteiger partial charge in [-0.25, -0.2) is 13.1 Å². The lowest BCUT2D eigenvalue weighted by atomic mass is 10.8. The molecule has 0 fully saturated rings. The van der Waals surface area contributed by atoms with Gasteiger partial charge in [0.15, 0.2) is 11.4 Å². The number of rotatable bonds is 4. The van der Waals surface area contributed by atoms with Crippen molar-refractivity contribution in [2.45, 2.75) is 0 Å². The van der Waals surface area contributed by atoms with Gasteiger partial charge in [0.2, 0.25) is 10.0 Å². The molecule has 14 heavy (non-hydrogen) atoms. The third-order valence-corrected chi connectivity index (χ3v) is 3.24. The summed E-state index contributed by atoms with van der Waals surface area (Å²) in [5.74, 6) is -0.0827. The van der Waals surface area contributed by atoms with E-state index < -0.39 is 10.0 Å². The lowest BCUT2D eigenvalue weighted by Crippen LogP contribution is -2.24. The molecule has 6 nitrogen and oxygen atoms in total. The van der Waals surface area contributed by atoms with E-state index >= 15 is 0 Å². The molecular weight excluding hydrogens is 224 g/mol. The third kappa shape index (κ3) is 5.80. The molecule has 0 aromatic heterocycles. The van der Waals surface area contributed by atoms with Crippen molar-refractivity contribution >= 4 is 27.0 Å². The zero-order valence-corrected chi connectivity index (χ0v) is 9.57. The Hall–Kier alpha value is -0.780. The van der Waals surface area contributed by atoms with Gasteiger partial charge in [-0.05, 0) is 13.3 Å². The second kappa shape index (κ2) is 6.64. The van der Waals surface area contributed by atoms with Gasteiger partial charge in [0, 0.05) is 0 Å². The van der Waals surface area contributed by atoms with E-state index in [4.69, 9.17) is 5.26 Å². The molecule has 0 heterocycles. The number of hydrogen-bond donors (Lipinski definition) is 2. The van der Waals surface area contributed by atoms with Crippen molar-refractivity contribution < 1.29 is 8.42 Å². The summed E-state index contributed by atoms with van der Waals surface area (Å²) in [6.45, 7) is 0.133. The van der Waals surface area contributed by atoms with Crippen molar-refractivity contribution in [2.24, 2.45) is 4.99 Å². The minimum atomic E-state index is -3.22. The normalized spacial score (nSPS) is 12.2. The van der Waals surface area contributed by atoms with Crippen LogP contribution in [0, 0.1) is 11.5 Å². The molecule has 0 aliphatic carbocycles. The van der Waals surface area contributed by atoms with E-state index in [1.807, 2.05) is 0 Å². The highest BCUT2D eigenvalue weighted by molar-refractivity contribution is 8.13. The number of thioether (sulfide) groups is 1.